The van der Waals surface area contributed by atoms with Crippen molar-refractivity contribution < 1.29 is 9.90 Å². The zero-order valence-corrected chi connectivity index (χ0v) is 13.8. The molecule has 0 bridgehead atoms. The van der Waals surface area contributed by atoms with Crippen LogP contribution in [0, 0.1) is 0 Å². The summed E-state index contributed by atoms with van der Waals surface area (Å²) in [6.07, 6.45) is 2.41. The van der Waals surface area contributed by atoms with Crippen LogP contribution in [0.2, 0.25) is 5.02 Å². The van der Waals surface area contributed by atoms with Crippen molar-refractivity contribution >= 4 is 17.5 Å². The first-order valence-electron chi connectivity index (χ1n) is 7.41. The second-order valence-corrected chi connectivity index (χ2v) is 6.21. The van der Waals surface area contributed by atoms with Gasteiger partial charge in [-0.15, -0.1) is 0 Å². The lowest BCUT2D eigenvalue weighted by atomic mass is 10.2. The standard InChI is InChI=1S/C15H23ClN4O2/c1-18-5-7-20(8-6-18)11-12(21)10-19(2)15(22)13-3-4-17-9-14(13)16/h3-4,9,12,21H,5-8,10-11H2,1-2H3. The van der Waals surface area contributed by atoms with Gasteiger partial charge in [-0.05, 0) is 13.1 Å². The number of carbonyl (C=O) groups is 1. The molecule has 1 atom stereocenters. The van der Waals surface area contributed by atoms with Gasteiger partial charge >= 0.3 is 0 Å². The summed E-state index contributed by atoms with van der Waals surface area (Å²) in [7, 11) is 3.77. The first-order valence-corrected chi connectivity index (χ1v) is 7.79. The lowest BCUT2D eigenvalue weighted by molar-refractivity contribution is 0.0501. The molecule has 22 heavy (non-hydrogen) atoms. The van der Waals surface area contributed by atoms with Crippen LogP contribution < -0.4 is 0 Å². The van der Waals surface area contributed by atoms with Crippen molar-refractivity contribution in [3.05, 3.63) is 29.0 Å². The Balaban J connectivity index is 1.84. The maximum atomic E-state index is 12.3. The van der Waals surface area contributed by atoms with Crippen LogP contribution in [0.25, 0.3) is 0 Å². The van der Waals surface area contributed by atoms with Crippen LogP contribution in [0.3, 0.4) is 0 Å². The van der Waals surface area contributed by atoms with E-state index < -0.39 is 6.10 Å². The number of piperazine rings is 1. The van der Waals surface area contributed by atoms with Gasteiger partial charge in [-0.2, -0.15) is 0 Å². The third-order valence-corrected chi connectivity index (χ3v) is 4.20. The van der Waals surface area contributed by atoms with E-state index in [2.05, 4.69) is 21.8 Å². The highest BCUT2D eigenvalue weighted by Crippen LogP contribution is 2.15. The first-order chi connectivity index (χ1) is 10.5. The summed E-state index contributed by atoms with van der Waals surface area (Å²) in [5.41, 5.74) is 0.408. The average Bonchev–Trinajstić information content (AvgIpc) is 2.49. The summed E-state index contributed by atoms with van der Waals surface area (Å²) in [4.78, 5) is 22.2. The van der Waals surface area contributed by atoms with Gasteiger partial charge in [0, 0.05) is 58.7 Å². The predicted molar refractivity (Wildman–Crippen MR) is 86.2 cm³/mol. The van der Waals surface area contributed by atoms with Crippen LogP contribution in [0.1, 0.15) is 10.4 Å². The minimum Gasteiger partial charge on any atom is -0.390 e. The van der Waals surface area contributed by atoms with Gasteiger partial charge in [-0.1, -0.05) is 11.6 Å². The largest absolute Gasteiger partial charge is 0.390 e. The van der Waals surface area contributed by atoms with Crippen molar-refractivity contribution in [3.8, 4) is 0 Å². The second kappa shape index (κ2) is 7.87. The first kappa shape index (κ1) is 17.1. The maximum Gasteiger partial charge on any atom is 0.255 e. The fourth-order valence-corrected chi connectivity index (χ4v) is 2.74. The number of hydrogen-bond acceptors (Lipinski definition) is 5. The third kappa shape index (κ3) is 4.64. The fraction of sp³-hybridized carbons (Fsp3) is 0.600. The Bertz CT molecular complexity index is 506. The number of carbonyl (C=O) groups excluding carboxylic acids is 1. The zero-order chi connectivity index (χ0) is 16.1. The molecule has 1 fully saturated rings. The Morgan fingerprint density at radius 2 is 2.14 bits per heavy atom. The summed E-state index contributed by atoms with van der Waals surface area (Å²) in [5, 5.41) is 10.5. The fourth-order valence-electron chi connectivity index (χ4n) is 2.54. The van der Waals surface area contributed by atoms with E-state index in [0.29, 0.717) is 17.1 Å². The van der Waals surface area contributed by atoms with Crippen LogP contribution >= 0.6 is 11.6 Å². The summed E-state index contributed by atoms with van der Waals surface area (Å²) in [6.45, 7) is 4.77. The summed E-state index contributed by atoms with van der Waals surface area (Å²) >= 11 is 5.98. The number of aromatic nitrogens is 1. The van der Waals surface area contributed by atoms with Gasteiger partial charge in [-0.25, -0.2) is 0 Å². The SMILES string of the molecule is CN1CCN(CC(O)CN(C)C(=O)c2ccncc2Cl)CC1. The van der Waals surface area contributed by atoms with E-state index >= 15 is 0 Å². The van der Waals surface area contributed by atoms with Gasteiger partial charge in [-0.3, -0.25) is 14.7 Å². The number of rotatable bonds is 5. The van der Waals surface area contributed by atoms with E-state index in [1.54, 1.807) is 13.1 Å². The molecule has 0 radical (unpaired) electrons. The van der Waals surface area contributed by atoms with Crippen LogP contribution in [-0.4, -0.2) is 90.2 Å². The summed E-state index contributed by atoms with van der Waals surface area (Å²) in [5.74, 6) is -0.204. The maximum absolute atomic E-state index is 12.3. The summed E-state index contributed by atoms with van der Waals surface area (Å²) in [6, 6.07) is 1.59. The molecule has 1 amide bonds. The number of likely N-dealkylation sites (N-methyl/N-ethyl adjacent to an activating group) is 2. The number of nitrogens with zero attached hydrogens (tertiary/aromatic N) is 4. The molecule has 1 saturated heterocycles. The monoisotopic (exact) mass is 326 g/mol. The molecule has 0 aromatic carbocycles. The van der Waals surface area contributed by atoms with Crippen LogP contribution in [0.4, 0.5) is 0 Å². The van der Waals surface area contributed by atoms with E-state index in [0.717, 1.165) is 26.2 Å². The Morgan fingerprint density at radius 3 is 2.77 bits per heavy atom. The molecule has 1 aromatic rings. The molecule has 1 unspecified atom stereocenters. The summed E-state index contributed by atoms with van der Waals surface area (Å²) < 4.78 is 0. The van der Waals surface area contributed by atoms with Crippen molar-refractivity contribution in [1.29, 1.82) is 0 Å². The highest BCUT2D eigenvalue weighted by molar-refractivity contribution is 6.33. The molecule has 7 heteroatoms. The average molecular weight is 327 g/mol. The normalized spacial score (nSPS) is 18.2. The molecule has 122 valence electrons. The smallest absolute Gasteiger partial charge is 0.255 e. The van der Waals surface area contributed by atoms with E-state index in [1.807, 2.05) is 0 Å². The topological polar surface area (TPSA) is 59.9 Å². The molecule has 2 rings (SSSR count). The number of aliphatic hydroxyl groups excluding tert-OH is 1. The molecule has 0 saturated carbocycles. The van der Waals surface area contributed by atoms with Gasteiger partial charge in [0.05, 0.1) is 16.7 Å². The minimum atomic E-state index is -0.571. The van der Waals surface area contributed by atoms with Gasteiger partial charge in [0.1, 0.15) is 0 Å². The number of β-amino-alcohol motifs (C(OH)–C–C–N with tert-alkyl or cyclic N) is 1. The number of amides is 1. The van der Waals surface area contributed by atoms with Gasteiger partial charge in [0.15, 0.2) is 0 Å². The molecular weight excluding hydrogens is 304 g/mol. The Kier molecular flexibility index (Phi) is 6.14. The highest BCUT2D eigenvalue weighted by Gasteiger charge is 2.21. The van der Waals surface area contributed by atoms with Crippen molar-refractivity contribution in [2.45, 2.75) is 6.10 Å². The molecule has 0 spiro atoms. The van der Waals surface area contributed by atoms with Gasteiger partial charge < -0.3 is 14.9 Å². The number of pyridine rings is 1. The number of hydrogen-bond donors (Lipinski definition) is 1. The Labute approximate surface area is 136 Å². The van der Waals surface area contributed by atoms with Crippen molar-refractivity contribution in [2.75, 3.05) is 53.4 Å². The van der Waals surface area contributed by atoms with Crippen LogP contribution in [-0.2, 0) is 0 Å². The third-order valence-electron chi connectivity index (χ3n) is 3.90. The zero-order valence-electron chi connectivity index (χ0n) is 13.1. The van der Waals surface area contributed by atoms with Gasteiger partial charge in [0.25, 0.3) is 5.91 Å². The number of halogens is 1. The molecule has 1 N–H and O–H groups in total. The molecule has 2 heterocycles. The lowest BCUT2D eigenvalue weighted by Gasteiger charge is -2.34. The van der Waals surface area contributed by atoms with E-state index in [1.165, 1.54) is 17.3 Å². The van der Waals surface area contributed by atoms with E-state index in [-0.39, 0.29) is 12.5 Å². The van der Waals surface area contributed by atoms with Crippen molar-refractivity contribution in [2.24, 2.45) is 0 Å². The molecule has 1 aromatic heterocycles. The minimum absolute atomic E-state index is 0.204. The van der Waals surface area contributed by atoms with E-state index in [9.17, 15) is 9.90 Å². The molecule has 6 nitrogen and oxygen atoms in total. The van der Waals surface area contributed by atoms with Crippen molar-refractivity contribution in [3.63, 3.8) is 0 Å². The van der Waals surface area contributed by atoms with Crippen LogP contribution in [0.15, 0.2) is 18.5 Å². The molecule has 1 aliphatic rings. The Morgan fingerprint density at radius 1 is 1.45 bits per heavy atom. The number of aliphatic hydroxyl groups is 1. The van der Waals surface area contributed by atoms with Crippen molar-refractivity contribution in [1.82, 2.24) is 19.7 Å². The predicted octanol–water partition coefficient (Wildman–Crippen LogP) is 0.415. The second-order valence-electron chi connectivity index (χ2n) is 5.80. The Hall–Kier alpha value is -1.21. The molecule has 0 aliphatic carbocycles. The lowest BCUT2D eigenvalue weighted by Crippen LogP contribution is -2.49. The highest BCUT2D eigenvalue weighted by atomic mass is 35.5. The quantitative estimate of drug-likeness (QED) is 0.849. The molecular formula is C15H23ClN4O2. The van der Waals surface area contributed by atoms with Crippen LogP contribution in [0.5, 0.6) is 0 Å². The van der Waals surface area contributed by atoms with E-state index in [4.69, 9.17) is 11.6 Å². The van der Waals surface area contributed by atoms with Gasteiger partial charge in [0.2, 0.25) is 0 Å². The molecule has 1 aliphatic heterocycles.